The number of hydrogen-bond acceptors (Lipinski definition) is 4. The number of ether oxygens (including phenoxy) is 1. The number of halogens is 1. The average molecular weight is 309 g/mol. The van der Waals surface area contributed by atoms with Gasteiger partial charge in [0.2, 0.25) is 5.78 Å². The molecule has 2 aromatic rings. The summed E-state index contributed by atoms with van der Waals surface area (Å²) in [5, 5.41) is 3.39. The molecule has 1 amide bonds. The van der Waals surface area contributed by atoms with E-state index in [1.54, 1.807) is 16.8 Å². The maximum Gasteiger partial charge on any atom is 0.271 e. The molecule has 1 fully saturated rings. The van der Waals surface area contributed by atoms with Gasteiger partial charge in [-0.2, -0.15) is 0 Å². The van der Waals surface area contributed by atoms with E-state index in [1.807, 2.05) is 0 Å². The van der Waals surface area contributed by atoms with Gasteiger partial charge in [-0.3, -0.25) is 9.20 Å². The minimum Gasteiger partial charge on any atom is -0.381 e. The van der Waals surface area contributed by atoms with Crippen molar-refractivity contribution in [3.8, 4) is 0 Å². The first kappa shape index (κ1) is 14.3. The summed E-state index contributed by atoms with van der Waals surface area (Å²) in [4.78, 5) is 20.3. The molecule has 6 nitrogen and oxygen atoms in total. The van der Waals surface area contributed by atoms with Gasteiger partial charge in [0.1, 0.15) is 5.69 Å². The molecule has 3 heterocycles. The Morgan fingerprint density at radius 2 is 2.43 bits per heavy atom. The number of carbonyl (C=O) groups is 1. The third-order valence-electron chi connectivity index (χ3n) is 3.60. The van der Waals surface area contributed by atoms with Crippen LogP contribution in [-0.2, 0) is 4.74 Å². The first-order chi connectivity index (χ1) is 10.2. The lowest BCUT2D eigenvalue weighted by Crippen LogP contribution is -2.28. The summed E-state index contributed by atoms with van der Waals surface area (Å²) >= 11 is 5.85. The molecule has 0 spiro atoms. The zero-order chi connectivity index (χ0) is 14.7. The monoisotopic (exact) mass is 308 g/mol. The Balaban J connectivity index is 1.56. The molecule has 1 saturated heterocycles. The molecular formula is C14H17ClN4O2. The molecule has 2 aromatic heterocycles. The van der Waals surface area contributed by atoms with Crippen molar-refractivity contribution in [2.45, 2.75) is 19.3 Å². The predicted molar refractivity (Wildman–Crippen MR) is 78.5 cm³/mol. The smallest absolute Gasteiger partial charge is 0.271 e. The Hall–Kier alpha value is -1.66. The topological polar surface area (TPSA) is 68.5 Å². The first-order valence-corrected chi connectivity index (χ1v) is 7.46. The van der Waals surface area contributed by atoms with Crippen molar-refractivity contribution in [3.63, 3.8) is 0 Å². The number of nitrogens with zero attached hydrogens (tertiary/aromatic N) is 3. The van der Waals surface area contributed by atoms with E-state index in [-0.39, 0.29) is 5.91 Å². The van der Waals surface area contributed by atoms with Crippen molar-refractivity contribution >= 4 is 23.3 Å². The second-order valence-electron chi connectivity index (χ2n) is 5.23. The molecule has 1 atom stereocenters. The minimum absolute atomic E-state index is 0.187. The molecule has 3 rings (SSSR count). The molecule has 7 heteroatoms. The van der Waals surface area contributed by atoms with Gasteiger partial charge >= 0.3 is 0 Å². The van der Waals surface area contributed by atoms with E-state index in [0.29, 0.717) is 29.0 Å². The Morgan fingerprint density at radius 1 is 1.52 bits per heavy atom. The summed E-state index contributed by atoms with van der Waals surface area (Å²) < 4.78 is 7.07. The molecule has 0 aliphatic carbocycles. The van der Waals surface area contributed by atoms with Crippen molar-refractivity contribution in [2.24, 2.45) is 5.92 Å². The number of fused-ring (bicyclic) bond motifs is 1. The van der Waals surface area contributed by atoms with Crippen molar-refractivity contribution in [2.75, 3.05) is 19.8 Å². The number of aromatic nitrogens is 3. The van der Waals surface area contributed by atoms with E-state index in [1.165, 1.54) is 12.6 Å². The van der Waals surface area contributed by atoms with Crippen LogP contribution in [0.2, 0.25) is 5.02 Å². The summed E-state index contributed by atoms with van der Waals surface area (Å²) in [6.07, 6.45) is 8.03. The maximum atomic E-state index is 12.1. The van der Waals surface area contributed by atoms with Crippen LogP contribution in [0.15, 0.2) is 18.6 Å². The molecule has 1 aliphatic rings. The molecule has 0 radical (unpaired) electrons. The number of hydrogen-bond donors (Lipinski definition) is 1. The van der Waals surface area contributed by atoms with Gasteiger partial charge in [0.15, 0.2) is 0 Å². The summed E-state index contributed by atoms with van der Waals surface area (Å²) in [5.74, 6) is 0.819. The van der Waals surface area contributed by atoms with Crippen molar-refractivity contribution in [1.82, 2.24) is 19.7 Å². The summed E-state index contributed by atoms with van der Waals surface area (Å²) in [6.45, 7) is 2.29. The second kappa shape index (κ2) is 6.41. The van der Waals surface area contributed by atoms with Crippen molar-refractivity contribution < 1.29 is 9.53 Å². The first-order valence-electron chi connectivity index (χ1n) is 7.08. The highest BCUT2D eigenvalue weighted by Gasteiger charge is 2.15. The zero-order valence-corrected chi connectivity index (χ0v) is 12.3. The molecular weight excluding hydrogens is 292 g/mol. The SMILES string of the molecule is O=C(NCC[C@H]1CCCOC1)c1cn2cc(Cl)cnc2n1. The second-order valence-corrected chi connectivity index (χ2v) is 5.67. The number of amides is 1. The molecule has 0 aromatic carbocycles. The molecule has 0 bridgehead atoms. The molecule has 21 heavy (non-hydrogen) atoms. The molecule has 1 N–H and O–H groups in total. The Bertz CT molecular complexity index is 637. The molecule has 0 saturated carbocycles. The van der Waals surface area contributed by atoms with Gasteiger partial charge in [0.05, 0.1) is 11.2 Å². The molecule has 112 valence electrons. The number of imidazole rings is 1. The van der Waals surface area contributed by atoms with Crippen LogP contribution in [0.4, 0.5) is 0 Å². The van der Waals surface area contributed by atoms with Crippen LogP contribution in [0.3, 0.4) is 0 Å². The van der Waals surface area contributed by atoms with Crippen molar-refractivity contribution in [3.05, 3.63) is 29.3 Å². The summed E-state index contributed by atoms with van der Waals surface area (Å²) in [7, 11) is 0. The quantitative estimate of drug-likeness (QED) is 0.937. The van der Waals surface area contributed by atoms with E-state index in [2.05, 4.69) is 15.3 Å². The van der Waals surface area contributed by atoms with Gasteiger partial charge in [-0.15, -0.1) is 0 Å². The fourth-order valence-electron chi connectivity index (χ4n) is 2.48. The normalized spacial score (nSPS) is 18.8. The van der Waals surface area contributed by atoms with Crippen LogP contribution in [0, 0.1) is 5.92 Å². The molecule has 0 unspecified atom stereocenters. The highest BCUT2D eigenvalue weighted by atomic mass is 35.5. The van der Waals surface area contributed by atoms with Crippen LogP contribution >= 0.6 is 11.6 Å². The fourth-order valence-corrected chi connectivity index (χ4v) is 2.64. The largest absolute Gasteiger partial charge is 0.381 e. The highest BCUT2D eigenvalue weighted by Crippen LogP contribution is 2.16. The van der Waals surface area contributed by atoms with E-state index in [4.69, 9.17) is 16.3 Å². The Kier molecular flexibility index (Phi) is 4.36. The average Bonchev–Trinajstić information content (AvgIpc) is 2.91. The van der Waals surface area contributed by atoms with Gasteiger partial charge in [-0.25, -0.2) is 9.97 Å². The molecule has 1 aliphatic heterocycles. The van der Waals surface area contributed by atoms with Gasteiger partial charge in [0.25, 0.3) is 5.91 Å². The van der Waals surface area contributed by atoms with Crippen LogP contribution in [0.5, 0.6) is 0 Å². The predicted octanol–water partition coefficient (Wildman–Crippen LogP) is 1.93. The van der Waals surface area contributed by atoms with Crippen LogP contribution in [0.25, 0.3) is 5.78 Å². The third-order valence-corrected chi connectivity index (χ3v) is 3.80. The van der Waals surface area contributed by atoms with Crippen LogP contribution in [-0.4, -0.2) is 40.0 Å². The highest BCUT2D eigenvalue weighted by molar-refractivity contribution is 6.30. The van der Waals surface area contributed by atoms with Gasteiger partial charge < -0.3 is 10.1 Å². The zero-order valence-electron chi connectivity index (χ0n) is 11.6. The number of carbonyl (C=O) groups excluding carboxylic acids is 1. The van der Waals surface area contributed by atoms with Gasteiger partial charge in [-0.1, -0.05) is 11.6 Å². The summed E-state index contributed by atoms with van der Waals surface area (Å²) in [5.41, 5.74) is 0.352. The lowest BCUT2D eigenvalue weighted by atomic mass is 9.99. The number of rotatable bonds is 4. The Labute approximate surface area is 127 Å². The van der Waals surface area contributed by atoms with Gasteiger partial charge in [0, 0.05) is 32.2 Å². The van der Waals surface area contributed by atoms with Crippen LogP contribution < -0.4 is 5.32 Å². The van der Waals surface area contributed by atoms with Crippen LogP contribution in [0.1, 0.15) is 29.8 Å². The van der Waals surface area contributed by atoms with E-state index in [9.17, 15) is 4.79 Å². The lowest BCUT2D eigenvalue weighted by molar-refractivity contribution is 0.0514. The van der Waals surface area contributed by atoms with E-state index in [0.717, 1.165) is 26.1 Å². The van der Waals surface area contributed by atoms with E-state index >= 15 is 0 Å². The lowest BCUT2D eigenvalue weighted by Gasteiger charge is -2.21. The standard InChI is InChI=1S/C14H17ClN4O2/c15-11-6-17-14-18-12(8-19(14)7-11)13(20)16-4-3-10-2-1-5-21-9-10/h6-8,10H,1-5,9H2,(H,16,20)/t10-/m1/s1. The van der Waals surface area contributed by atoms with Crippen molar-refractivity contribution in [1.29, 1.82) is 0 Å². The number of nitrogens with one attached hydrogen (secondary N) is 1. The summed E-state index contributed by atoms with van der Waals surface area (Å²) in [6, 6.07) is 0. The third kappa shape index (κ3) is 3.51. The maximum absolute atomic E-state index is 12.1. The fraction of sp³-hybridized carbons (Fsp3) is 0.500. The van der Waals surface area contributed by atoms with Gasteiger partial charge in [-0.05, 0) is 25.2 Å². The minimum atomic E-state index is -0.187. The van der Waals surface area contributed by atoms with E-state index < -0.39 is 0 Å². The Morgan fingerprint density at radius 3 is 3.24 bits per heavy atom.